The third-order valence-corrected chi connectivity index (χ3v) is 3.05. The first kappa shape index (κ1) is 14.1. The van der Waals surface area contributed by atoms with Gasteiger partial charge in [0.25, 0.3) is 0 Å². The summed E-state index contributed by atoms with van der Waals surface area (Å²) in [5.41, 5.74) is 2.88. The summed E-state index contributed by atoms with van der Waals surface area (Å²) in [6, 6.07) is 8.81. The van der Waals surface area contributed by atoms with E-state index in [1.165, 1.54) is 6.08 Å². The number of benzene rings is 2. The van der Waals surface area contributed by atoms with Gasteiger partial charge >= 0.3 is 0 Å². The van der Waals surface area contributed by atoms with Crippen LogP contribution in [0, 0.1) is 25.5 Å². The van der Waals surface area contributed by atoms with E-state index in [9.17, 15) is 13.6 Å². The van der Waals surface area contributed by atoms with Crippen molar-refractivity contribution >= 4 is 11.9 Å². The standard InChI is InChI=1S/C17H14F2O/c1-11-3-4-12(2)13(9-11)5-8-17(20)15-7-6-14(18)10-16(15)19/h3-10H,1-2H3/b8-5+. The molecule has 0 fully saturated rings. The highest BCUT2D eigenvalue weighted by atomic mass is 19.1. The quantitative estimate of drug-likeness (QED) is 0.595. The van der Waals surface area contributed by atoms with E-state index in [4.69, 9.17) is 0 Å². The Kier molecular flexibility index (Phi) is 4.08. The fourth-order valence-corrected chi connectivity index (χ4v) is 1.88. The molecule has 2 rings (SSSR count). The summed E-state index contributed by atoms with van der Waals surface area (Å²) >= 11 is 0. The molecule has 0 aromatic heterocycles. The van der Waals surface area contributed by atoms with Gasteiger partial charge in [-0.3, -0.25) is 4.79 Å². The molecule has 0 saturated carbocycles. The fraction of sp³-hybridized carbons (Fsp3) is 0.118. The van der Waals surface area contributed by atoms with E-state index < -0.39 is 17.4 Å². The van der Waals surface area contributed by atoms with Crippen molar-refractivity contribution in [1.29, 1.82) is 0 Å². The molecule has 0 bridgehead atoms. The van der Waals surface area contributed by atoms with Crippen LogP contribution in [0.4, 0.5) is 8.78 Å². The Bertz CT molecular complexity index is 687. The van der Waals surface area contributed by atoms with E-state index in [-0.39, 0.29) is 5.56 Å². The molecule has 0 radical (unpaired) electrons. The van der Waals surface area contributed by atoms with Gasteiger partial charge in [0.15, 0.2) is 5.78 Å². The lowest BCUT2D eigenvalue weighted by atomic mass is 10.0. The predicted molar refractivity (Wildman–Crippen MR) is 75.6 cm³/mol. The molecule has 0 spiro atoms. The van der Waals surface area contributed by atoms with Crippen LogP contribution in [-0.2, 0) is 0 Å². The predicted octanol–water partition coefficient (Wildman–Crippen LogP) is 4.48. The van der Waals surface area contributed by atoms with Crippen molar-refractivity contribution in [3.8, 4) is 0 Å². The van der Waals surface area contributed by atoms with Crippen molar-refractivity contribution in [2.75, 3.05) is 0 Å². The second-order valence-corrected chi connectivity index (χ2v) is 4.68. The van der Waals surface area contributed by atoms with Crippen molar-refractivity contribution in [1.82, 2.24) is 0 Å². The minimum atomic E-state index is -0.847. The Labute approximate surface area is 116 Å². The van der Waals surface area contributed by atoms with E-state index in [0.29, 0.717) is 6.07 Å². The first-order chi connectivity index (χ1) is 9.47. The van der Waals surface area contributed by atoms with Gasteiger partial charge in [0, 0.05) is 6.07 Å². The molecule has 0 aliphatic carbocycles. The Morgan fingerprint density at radius 1 is 1.05 bits per heavy atom. The van der Waals surface area contributed by atoms with Gasteiger partial charge in [-0.1, -0.05) is 29.8 Å². The van der Waals surface area contributed by atoms with Gasteiger partial charge in [0.2, 0.25) is 0 Å². The summed E-state index contributed by atoms with van der Waals surface area (Å²) in [6.07, 6.45) is 2.95. The molecule has 0 saturated heterocycles. The Morgan fingerprint density at radius 2 is 1.80 bits per heavy atom. The van der Waals surface area contributed by atoms with Crippen LogP contribution in [0.3, 0.4) is 0 Å². The molecule has 2 aromatic rings. The van der Waals surface area contributed by atoms with Crippen molar-refractivity contribution in [3.05, 3.63) is 76.4 Å². The zero-order valence-corrected chi connectivity index (χ0v) is 11.3. The van der Waals surface area contributed by atoms with Crippen LogP contribution in [0.5, 0.6) is 0 Å². The average molecular weight is 272 g/mol. The normalized spacial score (nSPS) is 11.0. The minimum absolute atomic E-state index is 0.132. The molecule has 102 valence electrons. The monoisotopic (exact) mass is 272 g/mol. The summed E-state index contributed by atoms with van der Waals surface area (Å²) in [7, 11) is 0. The number of allylic oxidation sites excluding steroid dienone is 1. The van der Waals surface area contributed by atoms with Crippen LogP contribution in [0.15, 0.2) is 42.5 Å². The number of aryl methyl sites for hydroxylation is 2. The van der Waals surface area contributed by atoms with Crippen molar-refractivity contribution < 1.29 is 13.6 Å². The number of hydrogen-bond acceptors (Lipinski definition) is 1. The lowest BCUT2D eigenvalue weighted by Crippen LogP contribution is -1.99. The first-order valence-corrected chi connectivity index (χ1v) is 6.22. The molecule has 0 aliphatic heterocycles. The molecule has 0 heterocycles. The Balaban J connectivity index is 2.27. The van der Waals surface area contributed by atoms with Gasteiger partial charge in [-0.2, -0.15) is 0 Å². The van der Waals surface area contributed by atoms with E-state index in [0.717, 1.165) is 28.8 Å². The van der Waals surface area contributed by atoms with Gasteiger partial charge in [-0.05, 0) is 43.2 Å². The van der Waals surface area contributed by atoms with Crippen molar-refractivity contribution in [2.24, 2.45) is 0 Å². The number of halogens is 2. The van der Waals surface area contributed by atoms with Gasteiger partial charge in [-0.15, -0.1) is 0 Å². The highest BCUT2D eigenvalue weighted by Crippen LogP contribution is 2.15. The largest absolute Gasteiger partial charge is 0.289 e. The van der Waals surface area contributed by atoms with E-state index in [1.807, 2.05) is 32.0 Å². The lowest BCUT2D eigenvalue weighted by molar-refractivity contribution is 0.104. The zero-order chi connectivity index (χ0) is 14.7. The molecular weight excluding hydrogens is 258 g/mol. The average Bonchev–Trinajstić information content (AvgIpc) is 2.39. The van der Waals surface area contributed by atoms with Crippen LogP contribution >= 0.6 is 0 Å². The van der Waals surface area contributed by atoms with E-state index in [2.05, 4.69) is 0 Å². The van der Waals surface area contributed by atoms with Crippen LogP contribution < -0.4 is 0 Å². The second-order valence-electron chi connectivity index (χ2n) is 4.68. The highest BCUT2D eigenvalue weighted by Gasteiger charge is 2.09. The molecule has 0 aliphatic rings. The lowest BCUT2D eigenvalue weighted by Gasteiger charge is -2.02. The Morgan fingerprint density at radius 3 is 2.50 bits per heavy atom. The number of rotatable bonds is 3. The van der Waals surface area contributed by atoms with Crippen molar-refractivity contribution in [3.63, 3.8) is 0 Å². The Hall–Kier alpha value is -2.29. The third-order valence-electron chi connectivity index (χ3n) is 3.05. The van der Waals surface area contributed by atoms with E-state index >= 15 is 0 Å². The smallest absolute Gasteiger partial charge is 0.188 e. The summed E-state index contributed by atoms with van der Waals surface area (Å²) in [5.74, 6) is -2.03. The number of carbonyl (C=O) groups is 1. The van der Waals surface area contributed by atoms with Crippen LogP contribution in [-0.4, -0.2) is 5.78 Å². The van der Waals surface area contributed by atoms with Crippen molar-refractivity contribution in [2.45, 2.75) is 13.8 Å². The summed E-state index contributed by atoms with van der Waals surface area (Å²) in [4.78, 5) is 11.9. The molecule has 0 N–H and O–H groups in total. The molecule has 1 nitrogen and oxygen atoms in total. The maximum absolute atomic E-state index is 13.5. The first-order valence-electron chi connectivity index (χ1n) is 6.22. The summed E-state index contributed by atoms with van der Waals surface area (Å²) in [5, 5.41) is 0. The van der Waals surface area contributed by atoms with Gasteiger partial charge in [0.1, 0.15) is 11.6 Å². The van der Waals surface area contributed by atoms with Crippen LogP contribution in [0.25, 0.3) is 6.08 Å². The molecule has 0 atom stereocenters. The summed E-state index contributed by atoms with van der Waals surface area (Å²) in [6.45, 7) is 3.89. The number of ketones is 1. The molecule has 0 unspecified atom stereocenters. The van der Waals surface area contributed by atoms with Crippen LogP contribution in [0.1, 0.15) is 27.0 Å². The van der Waals surface area contributed by atoms with Gasteiger partial charge in [0.05, 0.1) is 5.56 Å². The third kappa shape index (κ3) is 3.18. The van der Waals surface area contributed by atoms with Gasteiger partial charge < -0.3 is 0 Å². The van der Waals surface area contributed by atoms with Crippen LogP contribution in [0.2, 0.25) is 0 Å². The number of hydrogen-bond donors (Lipinski definition) is 0. The van der Waals surface area contributed by atoms with Gasteiger partial charge in [-0.25, -0.2) is 8.78 Å². The molecule has 2 aromatic carbocycles. The summed E-state index contributed by atoms with van der Waals surface area (Å²) < 4.78 is 26.3. The molecule has 0 amide bonds. The maximum Gasteiger partial charge on any atom is 0.188 e. The minimum Gasteiger partial charge on any atom is -0.289 e. The highest BCUT2D eigenvalue weighted by molar-refractivity contribution is 6.07. The maximum atomic E-state index is 13.5. The topological polar surface area (TPSA) is 17.1 Å². The fourth-order valence-electron chi connectivity index (χ4n) is 1.88. The number of carbonyl (C=O) groups excluding carboxylic acids is 1. The molecule has 20 heavy (non-hydrogen) atoms. The second kappa shape index (κ2) is 5.78. The van der Waals surface area contributed by atoms with E-state index in [1.54, 1.807) is 6.08 Å². The zero-order valence-electron chi connectivity index (χ0n) is 11.3. The SMILES string of the molecule is Cc1ccc(C)c(/C=C/C(=O)c2ccc(F)cc2F)c1. The molecule has 3 heteroatoms. The molecular formula is C17H14F2O.